The first-order valence-electron chi connectivity index (χ1n) is 15.3. The Labute approximate surface area is 273 Å². The van der Waals surface area contributed by atoms with Crippen LogP contribution in [0.3, 0.4) is 0 Å². The first kappa shape index (κ1) is 34.2. The summed E-state index contributed by atoms with van der Waals surface area (Å²) in [5.74, 6) is -2.23. The Hall–Kier alpha value is -4.11. The van der Waals surface area contributed by atoms with Crippen LogP contribution >= 0.6 is 0 Å². The molecule has 5 rings (SSSR count). The lowest BCUT2D eigenvalue weighted by atomic mass is 9.75. The largest absolute Gasteiger partial charge is 0.468 e. The predicted molar refractivity (Wildman–Crippen MR) is 171 cm³/mol. The highest BCUT2D eigenvalue weighted by Crippen LogP contribution is 2.45. The van der Waals surface area contributed by atoms with E-state index in [1.807, 2.05) is 6.07 Å². The third-order valence-corrected chi connectivity index (χ3v) is 10.3. The minimum absolute atomic E-state index is 0.00516. The lowest BCUT2D eigenvalue weighted by Crippen LogP contribution is -2.38. The minimum Gasteiger partial charge on any atom is -0.468 e. The SMILES string of the molecule is COCO[C@H]1C=C2CN(S(=O)(=O)c3ccccc3[N+](=O)[O-])CCc3c(n(C(=O)OC(C)(C)C)c4ccccc34)C(C(=O)OC)[C@H]2CC1. The second kappa shape index (κ2) is 13.6. The smallest absolute Gasteiger partial charge is 0.419 e. The van der Waals surface area contributed by atoms with E-state index < -0.39 is 61.1 Å². The Balaban J connectivity index is 1.78. The molecule has 0 bridgehead atoms. The summed E-state index contributed by atoms with van der Waals surface area (Å²) in [6, 6.07) is 12.3. The van der Waals surface area contributed by atoms with Crippen LogP contribution < -0.4 is 0 Å². The van der Waals surface area contributed by atoms with Gasteiger partial charge in [0.15, 0.2) is 4.90 Å². The first-order valence-corrected chi connectivity index (χ1v) is 16.7. The van der Waals surface area contributed by atoms with Crippen LogP contribution in [0.25, 0.3) is 10.9 Å². The summed E-state index contributed by atoms with van der Waals surface area (Å²) in [7, 11) is -1.68. The molecule has 1 unspecified atom stereocenters. The molecule has 0 N–H and O–H groups in total. The van der Waals surface area contributed by atoms with Crippen molar-refractivity contribution in [2.24, 2.45) is 5.92 Å². The van der Waals surface area contributed by atoms with Gasteiger partial charge in [-0.1, -0.05) is 42.0 Å². The van der Waals surface area contributed by atoms with Crippen LogP contribution in [0, 0.1) is 16.0 Å². The summed E-state index contributed by atoms with van der Waals surface area (Å²) in [5, 5.41) is 12.6. The number of carbonyl (C=O) groups excluding carboxylic acids is 2. The molecule has 47 heavy (non-hydrogen) atoms. The molecule has 0 amide bonds. The number of nitro groups is 1. The number of methoxy groups -OCH3 is 2. The zero-order valence-electron chi connectivity index (χ0n) is 27.0. The summed E-state index contributed by atoms with van der Waals surface area (Å²) < 4.78 is 53.4. The molecule has 1 aliphatic carbocycles. The molecule has 252 valence electrons. The van der Waals surface area contributed by atoms with Crippen LogP contribution in [0.2, 0.25) is 0 Å². The van der Waals surface area contributed by atoms with Crippen molar-refractivity contribution < 1.29 is 41.9 Å². The van der Waals surface area contributed by atoms with E-state index in [2.05, 4.69) is 0 Å². The monoisotopic (exact) mass is 669 g/mol. The number of hydrogen-bond acceptors (Lipinski definition) is 10. The Morgan fingerprint density at radius 3 is 2.43 bits per heavy atom. The number of para-hydroxylation sites is 2. The molecule has 0 radical (unpaired) electrons. The van der Waals surface area contributed by atoms with Gasteiger partial charge in [-0.05, 0) is 57.7 Å². The van der Waals surface area contributed by atoms with Crippen molar-refractivity contribution in [2.45, 2.75) is 62.6 Å². The molecule has 13 nitrogen and oxygen atoms in total. The van der Waals surface area contributed by atoms with Gasteiger partial charge in [0.25, 0.3) is 5.69 Å². The average molecular weight is 670 g/mol. The number of esters is 1. The zero-order valence-corrected chi connectivity index (χ0v) is 27.8. The van der Waals surface area contributed by atoms with E-state index in [9.17, 15) is 28.1 Å². The quantitative estimate of drug-likeness (QED) is 0.108. The summed E-state index contributed by atoms with van der Waals surface area (Å²) in [5.41, 5.74) is 0.609. The third kappa shape index (κ3) is 6.82. The van der Waals surface area contributed by atoms with Gasteiger partial charge in [-0.3, -0.25) is 14.9 Å². The molecule has 1 aliphatic heterocycles. The Kier molecular flexibility index (Phi) is 9.87. The number of aromatic nitrogens is 1. The highest BCUT2D eigenvalue weighted by atomic mass is 32.2. The molecule has 14 heteroatoms. The van der Waals surface area contributed by atoms with Gasteiger partial charge < -0.3 is 18.9 Å². The summed E-state index contributed by atoms with van der Waals surface area (Å²) >= 11 is 0. The Morgan fingerprint density at radius 1 is 1.04 bits per heavy atom. The van der Waals surface area contributed by atoms with Crippen molar-refractivity contribution in [1.29, 1.82) is 0 Å². The normalized spacial score (nSPS) is 20.6. The Morgan fingerprint density at radius 2 is 1.74 bits per heavy atom. The maximum Gasteiger partial charge on any atom is 0.419 e. The number of benzene rings is 2. The number of nitrogens with zero attached hydrogens (tertiary/aromatic N) is 3. The van der Waals surface area contributed by atoms with Crippen LogP contribution in [0.1, 0.15) is 50.8 Å². The fraction of sp³-hybridized carbons (Fsp3) is 0.455. The Bertz CT molecular complexity index is 1830. The zero-order chi connectivity index (χ0) is 34.1. The molecular weight excluding hydrogens is 630 g/mol. The minimum atomic E-state index is -4.44. The molecule has 3 aromatic rings. The van der Waals surface area contributed by atoms with Crippen LogP contribution in [-0.4, -0.2) is 80.1 Å². The van der Waals surface area contributed by atoms with Crippen molar-refractivity contribution in [1.82, 2.24) is 8.87 Å². The molecule has 2 heterocycles. The van der Waals surface area contributed by atoms with Gasteiger partial charge in [0.1, 0.15) is 18.3 Å². The number of ether oxygens (including phenoxy) is 4. The van der Waals surface area contributed by atoms with E-state index in [1.54, 1.807) is 45.0 Å². The number of carbonyl (C=O) groups is 2. The number of sulfonamides is 1. The maximum absolute atomic E-state index is 14.3. The van der Waals surface area contributed by atoms with Gasteiger partial charge in [-0.15, -0.1) is 0 Å². The van der Waals surface area contributed by atoms with Gasteiger partial charge >= 0.3 is 12.1 Å². The molecule has 3 atom stereocenters. The third-order valence-electron chi connectivity index (χ3n) is 8.44. The van der Waals surface area contributed by atoms with Crippen molar-refractivity contribution in [3.8, 4) is 0 Å². The number of fused-ring (bicyclic) bond motifs is 4. The molecule has 0 fully saturated rings. The summed E-state index contributed by atoms with van der Waals surface area (Å²) in [6.07, 6.45) is 1.60. The molecule has 0 saturated carbocycles. The lowest BCUT2D eigenvalue weighted by Gasteiger charge is -2.35. The molecular formula is C33H39N3O10S. The van der Waals surface area contributed by atoms with E-state index >= 15 is 0 Å². The summed E-state index contributed by atoms with van der Waals surface area (Å²) in [6.45, 7) is 4.96. The highest BCUT2D eigenvalue weighted by molar-refractivity contribution is 7.89. The standard InChI is InChI=1S/C33H39N3O10S/c1-33(2,3)46-32(38)35-26-11-7-6-10-24(26)25-16-17-34(47(41,42)28-13-9-8-12-27(28)36(39)40)19-21-18-22(45-20-43-4)14-15-23(21)29(30(25)35)31(37)44-5/h6-13,18,22-23,29H,14-17,19-20H2,1-5H3/t22-,23+,29?/m1/s1. The van der Waals surface area contributed by atoms with Crippen LogP contribution in [-0.2, 0) is 40.2 Å². The maximum atomic E-state index is 14.3. The summed E-state index contributed by atoms with van der Waals surface area (Å²) in [4.78, 5) is 38.6. The van der Waals surface area contributed by atoms with Crippen LogP contribution in [0.5, 0.6) is 0 Å². The van der Waals surface area contributed by atoms with E-state index in [-0.39, 0.29) is 26.3 Å². The van der Waals surface area contributed by atoms with Crippen LogP contribution in [0.15, 0.2) is 65.1 Å². The van der Waals surface area contributed by atoms with E-state index in [0.29, 0.717) is 40.6 Å². The van der Waals surface area contributed by atoms with E-state index in [0.717, 1.165) is 6.07 Å². The average Bonchev–Trinajstić information content (AvgIpc) is 3.37. The number of hydrogen-bond donors (Lipinski definition) is 0. The molecule has 2 aliphatic rings. The van der Waals surface area contributed by atoms with Gasteiger partial charge in [0.2, 0.25) is 10.0 Å². The number of nitro benzene ring substituents is 1. The first-order chi connectivity index (χ1) is 22.3. The highest BCUT2D eigenvalue weighted by Gasteiger charge is 2.44. The van der Waals surface area contributed by atoms with Gasteiger partial charge in [0.05, 0.1) is 23.7 Å². The molecule has 1 aromatic heterocycles. The van der Waals surface area contributed by atoms with E-state index in [4.69, 9.17) is 18.9 Å². The topological polar surface area (TPSA) is 157 Å². The predicted octanol–water partition coefficient (Wildman–Crippen LogP) is 5.16. The van der Waals surface area contributed by atoms with Crippen molar-refractivity contribution in [3.05, 3.63) is 81.6 Å². The van der Waals surface area contributed by atoms with Crippen molar-refractivity contribution in [3.63, 3.8) is 0 Å². The van der Waals surface area contributed by atoms with Gasteiger partial charge in [0, 0.05) is 43.3 Å². The molecule has 2 aromatic carbocycles. The van der Waals surface area contributed by atoms with Gasteiger partial charge in [-0.25, -0.2) is 17.8 Å². The van der Waals surface area contributed by atoms with E-state index in [1.165, 1.54) is 41.3 Å². The van der Waals surface area contributed by atoms with Crippen molar-refractivity contribution >= 4 is 38.7 Å². The van der Waals surface area contributed by atoms with Crippen molar-refractivity contribution in [2.75, 3.05) is 34.1 Å². The fourth-order valence-corrected chi connectivity index (χ4v) is 8.10. The lowest BCUT2D eigenvalue weighted by molar-refractivity contribution is -0.387. The molecule has 0 saturated heterocycles. The van der Waals surface area contributed by atoms with Gasteiger partial charge in [-0.2, -0.15) is 4.31 Å². The van der Waals surface area contributed by atoms with Crippen LogP contribution in [0.4, 0.5) is 10.5 Å². The molecule has 0 spiro atoms. The number of rotatable bonds is 7. The second-order valence-corrected chi connectivity index (χ2v) is 14.5. The fourth-order valence-electron chi connectivity index (χ4n) is 6.52. The second-order valence-electron chi connectivity index (χ2n) is 12.5.